The second-order valence-electron chi connectivity index (χ2n) is 4.87. The molecule has 2 N–H and O–H groups in total. The Kier molecular flexibility index (Phi) is 5.83. The highest BCUT2D eigenvalue weighted by molar-refractivity contribution is 5.79. The van der Waals surface area contributed by atoms with Crippen LogP contribution in [0.5, 0.6) is 5.75 Å². The maximum atomic E-state index is 11.8. The summed E-state index contributed by atoms with van der Waals surface area (Å²) in [5, 5.41) is 0. The van der Waals surface area contributed by atoms with Crippen molar-refractivity contribution in [2.45, 2.75) is 39.2 Å². The summed E-state index contributed by atoms with van der Waals surface area (Å²) in [6.07, 6.45) is 1.85. The molecule has 19 heavy (non-hydrogen) atoms. The van der Waals surface area contributed by atoms with Crippen LogP contribution in [0.3, 0.4) is 0 Å². The number of ether oxygens (including phenoxy) is 2. The molecule has 1 aromatic carbocycles. The minimum atomic E-state index is -0.984. The molecule has 0 aliphatic rings. The summed E-state index contributed by atoms with van der Waals surface area (Å²) in [6.45, 7) is 6.21. The van der Waals surface area contributed by atoms with Crippen LogP contribution in [0, 0.1) is 0 Å². The molecular weight excluding hydrogens is 242 g/mol. The van der Waals surface area contributed by atoms with Gasteiger partial charge >= 0.3 is 5.97 Å². The van der Waals surface area contributed by atoms with E-state index in [1.54, 1.807) is 20.8 Å². The Bertz CT molecular complexity index is 416. The maximum absolute atomic E-state index is 11.8. The lowest BCUT2D eigenvalue weighted by molar-refractivity contribution is -0.158. The lowest BCUT2D eigenvalue weighted by Crippen LogP contribution is -2.39. The van der Waals surface area contributed by atoms with Gasteiger partial charge in [0.05, 0.1) is 6.61 Å². The average Bonchev–Trinajstić information content (AvgIpc) is 2.36. The highest BCUT2D eigenvalue weighted by Gasteiger charge is 2.31. The molecule has 0 bridgehead atoms. The fourth-order valence-electron chi connectivity index (χ4n) is 1.71. The second kappa shape index (κ2) is 7.14. The van der Waals surface area contributed by atoms with Crippen molar-refractivity contribution in [3.63, 3.8) is 0 Å². The lowest BCUT2D eigenvalue weighted by Gasteiger charge is -2.24. The summed E-state index contributed by atoms with van der Waals surface area (Å²) >= 11 is 0. The fraction of sp³-hybridized carbons (Fsp3) is 0.533. The Hall–Kier alpha value is -1.55. The first-order valence-electron chi connectivity index (χ1n) is 6.65. The van der Waals surface area contributed by atoms with Crippen LogP contribution in [0.1, 0.15) is 32.8 Å². The molecule has 0 amide bonds. The molecule has 0 unspecified atom stereocenters. The molecule has 0 radical (unpaired) electrons. The van der Waals surface area contributed by atoms with Gasteiger partial charge in [0.15, 0.2) is 5.60 Å². The molecule has 1 rings (SSSR count). The summed E-state index contributed by atoms with van der Waals surface area (Å²) in [5.41, 5.74) is 5.67. The number of esters is 1. The standard InChI is InChI=1S/C15H23NO3/c1-4-18-14(17)15(2,3)19-13-9-5-7-12(11-13)8-6-10-16/h5,7,9,11H,4,6,8,10,16H2,1-3H3. The van der Waals surface area contributed by atoms with Crippen LogP contribution < -0.4 is 10.5 Å². The smallest absolute Gasteiger partial charge is 0.349 e. The minimum absolute atomic E-state index is 0.349. The molecule has 4 nitrogen and oxygen atoms in total. The zero-order valence-corrected chi connectivity index (χ0v) is 11.9. The zero-order valence-electron chi connectivity index (χ0n) is 11.9. The third kappa shape index (κ3) is 4.91. The number of hydrogen-bond acceptors (Lipinski definition) is 4. The van der Waals surface area contributed by atoms with Crippen molar-refractivity contribution in [1.82, 2.24) is 0 Å². The van der Waals surface area contributed by atoms with Gasteiger partial charge in [-0.15, -0.1) is 0 Å². The van der Waals surface area contributed by atoms with E-state index in [-0.39, 0.29) is 5.97 Å². The maximum Gasteiger partial charge on any atom is 0.349 e. The molecule has 0 saturated carbocycles. The number of aryl methyl sites for hydroxylation is 1. The second-order valence-corrected chi connectivity index (χ2v) is 4.87. The van der Waals surface area contributed by atoms with Crippen molar-refractivity contribution >= 4 is 5.97 Å². The van der Waals surface area contributed by atoms with Gasteiger partial charge in [-0.1, -0.05) is 12.1 Å². The highest BCUT2D eigenvalue weighted by atomic mass is 16.6. The third-order valence-electron chi connectivity index (χ3n) is 2.71. The van der Waals surface area contributed by atoms with Gasteiger partial charge in [-0.2, -0.15) is 0 Å². The quantitative estimate of drug-likeness (QED) is 0.768. The van der Waals surface area contributed by atoms with Crippen molar-refractivity contribution < 1.29 is 14.3 Å². The molecule has 0 heterocycles. The number of nitrogens with two attached hydrogens (primary N) is 1. The Balaban J connectivity index is 2.72. The monoisotopic (exact) mass is 265 g/mol. The van der Waals surface area contributed by atoms with Crippen molar-refractivity contribution in [3.05, 3.63) is 29.8 Å². The molecule has 0 aromatic heterocycles. The number of hydrogen-bond donors (Lipinski definition) is 1. The van der Waals surface area contributed by atoms with Crippen molar-refractivity contribution in [2.24, 2.45) is 5.73 Å². The predicted molar refractivity (Wildman–Crippen MR) is 75.2 cm³/mol. The molecule has 0 atom stereocenters. The summed E-state index contributed by atoms with van der Waals surface area (Å²) in [5.74, 6) is 0.315. The van der Waals surface area contributed by atoms with Crippen LogP contribution in [-0.2, 0) is 16.0 Å². The van der Waals surface area contributed by atoms with Crippen LogP contribution in [0.25, 0.3) is 0 Å². The van der Waals surface area contributed by atoms with Gasteiger partial charge in [-0.25, -0.2) is 4.79 Å². The molecular formula is C15H23NO3. The van der Waals surface area contributed by atoms with E-state index in [4.69, 9.17) is 15.2 Å². The zero-order chi connectivity index (χ0) is 14.3. The topological polar surface area (TPSA) is 61.5 Å². The molecule has 1 aromatic rings. The van der Waals surface area contributed by atoms with Gasteiger partial charge in [0, 0.05) is 0 Å². The van der Waals surface area contributed by atoms with Crippen LogP contribution in [0.4, 0.5) is 0 Å². The van der Waals surface area contributed by atoms with Gasteiger partial charge in [0.25, 0.3) is 0 Å². The third-order valence-corrected chi connectivity index (χ3v) is 2.71. The Morgan fingerprint density at radius 1 is 1.37 bits per heavy atom. The van der Waals surface area contributed by atoms with Crippen LogP contribution in [0.15, 0.2) is 24.3 Å². The van der Waals surface area contributed by atoms with Crippen molar-refractivity contribution in [3.8, 4) is 5.75 Å². The normalized spacial score (nSPS) is 11.2. The summed E-state index contributed by atoms with van der Waals surface area (Å²) in [6, 6.07) is 7.73. The average molecular weight is 265 g/mol. The van der Waals surface area contributed by atoms with E-state index in [1.807, 2.05) is 24.3 Å². The van der Waals surface area contributed by atoms with Crippen molar-refractivity contribution in [1.29, 1.82) is 0 Å². The van der Waals surface area contributed by atoms with Gasteiger partial charge in [-0.3, -0.25) is 0 Å². The van der Waals surface area contributed by atoms with Crippen LogP contribution in [0.2, 0.25) is 0 Å². The van der Waals surface area contributed by atoms with Gasteiger partial charge in [-0.05, 0) is 57.9 Å². The molecule has 0 spiro atoms. The van der Waals surface area contributed by atoms with Gasteiger partial charge in [0.1, 0.15) is 5.75 Å². The lowest BCUT2D eigenvalue weighted by atomic mass is 10.1. The van der Waals surface area contributed by atoms with E-state index in [0.717, 1.165) is 18.4 Å². The summed E-state index contributed by atoms with van der Waals surface area (Å²) < 4.78 is 10.7. The Morgan fingerprint density at radius 3 is 2.74 bits per heavy atom. The van der Waals surface area contributed by atoms with E-state index in [1.165, 1.54) is 0 Å². The first kappa shape index (κ1) is 15.5. The predicted octanol–water partition coefficient (Wildman–Crippen LogP) is 2.30. The van der Waals surface area contributed by atoms with Gasteiger partial charge < -0.3 is 15.2 Å². The van der Waals surface area contributed by atoms with E-state index < -0.39 is 5.60 Å². The minimum Gasteiger partial charge on any atom is -0.476 e. The van der Waals surface area contributed by atoms with Crippen LogP contribution >= 0.6 is 0 Å². The fourth-order valence-corrected chi connectivity index (χ4v) is 1.71. The molecule has 0 aliphatic heterocycles. The van der Waals surface area contributed by atoms with E-state index in [2.05, 4.69) is 0 Å². The first-order chi connectivity index (χ1) is 8.99. The number of carbonyl (C=O) groups excluding carboxylic acids is 1. The first-order valence-corrected chi connectivity index (χ1v) is 6.65. The molecule has 0 aliphatic carbocycles. The van der Waals surface area contributed by atoms with Crippen molar-refractivity contribution in [2.75, 3.05) is 13.2 Å². The molecule has 0 fully saturated rings. The van der Waals surface area contributed by atoms with E-state index in [0.29, 0.717) is 18.9 Å². The van der Waals surface area contributed by atoms with Gasteiger partial charge in [0.2, 0.25) is 0 Å². The number of rotatable bonds is 7. The number of benzene rings is 1. The molecule has 4 heteroatoms. The molecule has 106 valence electrons. The van der Waals surface area contributed by atoms with E-state index >= 15 is 0 Å². The van der Waals surface area contributed by atoms with Crippen LogP contribution in [-0.4, -0.2) is 24.7 Å². The Labute approximate surface area is 114 Å². The Morgan fingerprint density at radius 2 is 2.11 bits per heavy atom. The summed E-state index contributed by atoms with van der Waals surface area (Å²) in [4.78, 5) is 11.8. The van der Waals surface area contributed by atoms with E-state index in [9.17, 15) is 4.79 Å². The largest absolute Gasteiger partial charge is 0.476 e. The molecule has 0 saturated heterocycles. The highest BCUT2D eigenvalue weighted by Crippen LogP contribution is 2.21. The SMILES string of the molecule is CCOC(=O)C(C)(C)Oc1cccc(CCCN)c1. The summed E-state index contributed by atoms with van der Waals surface area (Å²) in [7, 11) is 0. The number of carbonyl (C=O) groups is 1.